The van der Waals surface area contributed by atoms with Gasteiger partial charge in [-0.3, -0.25) is 9.59 Å². The van der Waals surface area contributed by atoms with E-state index in [-0.39, 0.29) is 30.1 Å². The minimum absolute atomic E-state index is 0.0269. The van der Waals surface area contributed by atoms with E-state index in [1.54, 1.807) is 20.8 Å². The molecule has 0 saturated heterocycles. The zero-order chi connectivity index (χ0) is 15.3. The standard InChI is InChI=1S/C15H18ClFO3/c1-15(2,3)20-14(19)5-4-13(18)8-10-6-11(16)9-12(17)7-10/h6-7,9H,4-5,8H2,1-3H3. The summed E-state index contributed by atoms with van der Waals surface area (Å²) in [5.41, 5.74) is -0.0554. The summed E-state index contributed by atoms with van der Waals surface area (Å²) in [6.07, 6.45) is 0.155. The largest absolute Gasteiger partial charge is 0.460 e. The smallest absolute Gasteiger partial charge is 0.306 e. The number of esters is 1. The summed E-state index contributed by atoms with van der Waals surface area (Å²) in [4.78, 5) is 23.2. The van der Waals surface area contributed by atoms with E-state index in [0.29, 0.717) is 5.56 Å². The predicted molar refractivity (Wildman–Crippen MR) is 75.2 cm³/mol. The predicted octanol–water partition coefficient (Wildman–Crippen LogP) is 3.71. The fraction of sp³-hybridized carbons (Fsp3) is 0.467. The van der Waals surface area contributed by atoms with Crippen LogP contribution in [0.4, 0.5) is 4.39 Å². The highest BCUT2D eigenvalue weighted by atomic mass is 35.5. The lowest BCUT2D eigenvalue weighted by Crippen LogP contribution is -2.24. The van der Waals surface area contributed by atoms with E-state index in [0.717, 1.165) is 0 Å². The molecule has 0 bridgehead atoms. The maximum Gasteiger partial charge on any atom is 0.306 e. The normalized spacial score (nSPS) is 11.2. The van der Waals surface area contributed by atoms with E-state index < -0.39 is 17.4 Å². The monoisotopic (exact) mass is 300 g/mol. The van der Waals surface area contributed by atoms with Gasteiger partial charge < -0.3 is 4.74 Å². The van der Waals surface area contributed by atoms with E-state index in [1.807, 2.05) is 0 Å². The summed E-state index contributed by atoms with van der Waals surface area (Å²) in [6, 6.07) is 3.98. The molecular weight excluding hydrogens is 283 g/mol. The molecule has 0 unspecified atom stereocenters. The molecule has 0 heterocycles. The Balaban J connectivity index is 2.46. The second-order valence-electron chi connectivity index (χ2n) is 5.58. The quantitative estimate of drug-likeness (QED) is 0.779. The first-order valence-electron chi connectivity index (χ1n) is 6.34. The summed E-state index contributed by atoms with van der Waals surface area (Å²) in [5.74, 6) is -1.05. The van der Waals surface area contributed by atoms with Gasteiger partial charge in [-0.05, 0) is 44.5 Å². The Bertz CT molecular complexity index is 486. The lowest BCUT2D eigenvalue weighted by Gasteiger charge is -2.19. The van der Waals surface area contributed by atoms with Crippen LogP contribution in [-0.2, 0) is 20.7 Å². The van der Waals surface area contributed by atoms with Gasteiger partial charge in [-0.25, -0.2) is 4.39 Å². The minimum Gasteiger partial charge on any atom is -0.460 e. The van der Waals surface area contributed by atoms with Crippen molar-refractivity contribution in [2.45, 2.75) is 45.6 Å². The molecule has 0 atom stereocenters. The molecule has 5 heteroatoms. The van der Waals surface area contributed by atoms with Gasteiger partial charge >= 0.3 is 5.97 Å². The van der Waals surface area contributed by atoms with Crippen molar-refractivity contribution < 1.29 is 18.7 Å². The Morgan fingerprint density at radius 3 is 2.40 bits per heavy atom. The fourth-order valence-electron chi connectivity index (χ4n) is 1.66. The zero-order valence-corrected chi connectivity index (χ0v) is 12.6. The molecule has 0 aromatic heterocycles. The summed E-state index contributed by atoms with van der Waals surface area (Å²) in [7, 11) is 0. The number of halogens is 2. The van der Waals surface area contributed by atoms with Gasteiger partial charge in [0.1, 0.15) is 17.2 Å². The molecule has 0 aliphatic carbocycles. The number of ketones is 1. The van der Waals surface area contributed by atoms with Gasteiger partial charge in [0.15, 0.2) is 0 Å². The molecule has 1 aromatic carbocycles. The van der Waals surface area contributed by atoms with Crippen molar-refractivity contribution in [2.75, 3.05) is 0 Å². The van der Waals surface area contributed by atoms with Crippen LogP contribution >= 0.6 is 11.6 Å². The number of carbonyl (C=O) groups is 2. The molecule has 0 radical (unpaired) electrons. The van der Waals surface area contributed by atoms with Crippen LogP contribution in [0.2, 0.25) is 5.02 Å². The minimum atomic E-state index is -0.559. The fourth-order valence-corrected chi connectivity index (χ4v) is 1.91. The Hall–Kier alpha value is -1.42. The molecule has 0 fully saturated rings. The molecule has 110 valence electrons. The van der Waals surface area contributed by atoms with Crippen LogP contribution < -0.4 is 0 Å². The van der Waals surface area contributed by atoms with Gasteiger partial charge in [0.25, 0.3) is 0 Å². The Labute approximate surface area is 123 Å². The molecule has 1 aromatic rings. The maximum atomic E-state index is 13.1. The average molecular weight is 301 g/mol. The van der Waals surface area contributed by atoms with E-state index in [2.05, 4.69) is 0 Å². The van der Waals surface area contributed by atoms with E-state index in [9.17, 15) is 14.0 Å². The number of benzene rings is 1. The number of carbonyl (C=O) groups excluding carboxylic acids is 2. The van der Waals surface area contributed by atoms with Crippen LogP contribution in [-0.4, -0.2) is 17.4 Å². The second-order valence-corrected chi connectivity index (χ2v) is 6.02. The van der Waals surface area contributed by atoms with Crippen LogP contribution in [0.25, 0.3) is 0 Å². The van der Waals surface area contributed by atoms with E-state index >= 15 is 0 Å². The van der Waals surface area contributed by atoms with Crippen molar-refractivity contribution in [3.63, 3.8) is 0 Å². The molecule has 0 aliphatic heterocycles. The van der Waals surface area contributed by atoms with Crippen LogP contribution in [0.1, 0.15) is 39.2 Å². The highest BCUT2D eigenvalue weighted by Crippen LogP contribution is 2.16. The highest BCUT2D eigenvalue weighted by Gasteiger charge is 2.17. The third-order valence-corrected chi connectivity index (χ3v) is 2.57. The van der Waals surface area contributed by atoms with Gasteiger partial charge in [-0.1, -0.05) is 11.6 Å². The molecule has 20 heavy (non-hydrogen) atoms. The molecular formula is C15H18ClFO3. The third kappa shape index (κ3) is 6.66. The Kier molecular flexibility index (Phi) is 5.69. The number of ether oxygens (including phenoxy) is 1. The van der Waals surface area contributed by atoms with Gasteiger partial charge in [0, 0.05) is 17.9 Å². The van der Waals surface area contributed by atoms with Crippen molar-refractivity contribution >= 4 is 23.4 Å². The van der Waals surface area contributed by atoms with Gasteiger partial charge in [-0.15, -0.1) is 0 Å². The highest BCUT2D eigenvalue weighted by molar-refractivity contribution is 6.30. The number of rotatable bonds is 5. The SMILES string of the molecule is CC(C)(C)OC(=O)CCC(=O)Cc1cc(F)cc(Cl)c1. The molecule has 0 spiro atoms. The number of hydrogen-bond donors (Lipinski definition) is 0. The molecule has 1 rings (SSSR count). The first kappa shape index (κ1) is 16.6. The molecule has 0 amide bonds. The summed E-state index contributed by atoms with van der Waals surface area (Å²) >= 11 is 5.71. The third-order valence-electron chi connectivity index (χ3n) is 2.35. The zero-order valence-electron chi connectivity index (χ0n) is 11.8. The van der Waals surface area contributed by atoms with E-state index in [4.69, 9.17) is 16.3 Å². The number of hydrogen-bond acceptors (Lipinski definition) is 3. The van der Waals surface area contributed by atoms with E-state index in [1.165, 1.54) is 18.2 Å². The summed E-state index contributed by atoms with van der Waals surface area (Å²) in [5, 5.41) is 0.250. The molecule has 3 nitrogen and oxygen atoms in total. The van der Waals surface area contributed by atoms with Gasteiger partial charge in [0.2, 0.25) is 0 Å². The number of Topliss-reactive ketones (excluding diaryl/α,β-unsaturated/α-hetero) is 1. The average Bonchev–Trinajstić information content (AvgIpc) is 2.22. The van der Waals surface area contributed by atoms with Crippen molar-refractivity contribution in [2.24, 2.45) is 0 Å². The van der Waals surface area contributed by atoms with Crippen LogP contribution in [0, 0.1) is 5.82 Å². The second kappa shape index (κ2) is 6.84. The van der Waals surface area contributed by atoms with Crippen molar-refractivity contribution in [3.05, 3.63) is 34.6 Å². The van der Waals surface area contributed by atoms with Gasteiger partial charge in [0.05, 0.1) is 6.42 Å². The van der Waals surface area contributed by atoms with Gasteiger partial charge in [-0.2, -0.15) is 0 Å². The van der Waals surface area contributed by atoms with Crippen LogP contribution in [0.15, 0.2) is 18.2 Å². The Morgan fingerprint density at radius 2 is 1.85 bits per heavy atom. The lowest BCUT2D eigenvalue weighted by molar-refractivity contribution is -0.155. The lowest BCUT2D eigenvalue weighted by atomic mass is 10.1. The Morgan fingerprint density at radius 1 is 1.20 bits per heavy atom. The van der Waals surface area contributed by atoms with Crippen LogP contribution in [0.5, 0.6) is 0 Å². The summed E-state index contributed by atoms with van der Waals surface area (Å²) in [6.45, 7) is 5.30. The van der Waals surface area contributed by atoms with Crippen molar-refractivity contribution in [3.8, 4) is 0 Å². The topological polar surface area (TPSA) is 43.4 Å². The first-order valence-corrected chi connectivity index (χ1v) is 6.72. The maximum absolute atomic E-state index is 13.1. The summed E-state index contributed by atoms with van der Waals surface area (Å²) < 4.78 is 18.2. The van der Waals surface area contributed by atoms with Crippen LogP contribution in [0.3, 0.4) is 0 Å². The van der Waals surface area contributed by atoms with Crippen molar-refractivity contribution in [1.82, 2.24) is 0 Å². The molecule has 0 saturated carbocycles. The molecule has 0 aliphatic rings. The molecule has 0 N–H and O–H groups in total. The van der Waals surface area contributed by atoms with Crippen molar-refractivity contribution in [1.29, 1.82) is 0 Å². The first-order chi connectivity index (χ1) is 9.15.